The highest BCUT2D eigenvalue weighted by molar-refractivity contribution is 9.10. The van der Waals surface area contributed by atoms with Crippen LogP contribution in [0, 0.1) is 11.3 Å². The van der Waals surface area contributed by atoms with Crippen LogP contribution in [0.15, 0.2) is 27.6 Å². The third-order valence-electron chi connectivity index (χ3n) is 3.02. The molecule has 0 saturated carbocycles. The number of nitrogens with zero attached hydrogens (tertiary/aromatic N) is 2. The van der Waals surface area contributed by atoms with Gasteiger partial charge in [0.15, 0.2) is 4.32 Å². The molecule has 1 aliphatic rings. The summed E-state index contributed by atoms with van der Waals surface area (Å²) < 4.78 is 7.06. The first-order chi connectivity index (χ1) is 11.6. The first kappa shape index (κ1) is 18.9. The lowest BCUT2D eigenvalue weighted by Gasteiger charge is -2.14. The maximum Gasteiger partial charge on any atom is 0.280 e. The fraction of sp³-hybridized carbons (Fsp3) is 0.312. The van der Waals surface area contributed by atoms with Crippen LogP contribution in [0.1, 0.15) is 25.3 Å². The maximum absolute atomic E-state index is 12.5. The van der Waals surface area contributed by atoms with Gasteiger partial charge in [-0.25, -0.2) is 10.4 Å². The highest BCUT2D eigenvalue weighted by atomic mass is 79.9. The van der Waals surface area contributed by atoms with Crippen molar-refractivity contribution in [2.75, 3.05) is 13.2 Å². The first-order valence-corrected chi connectivity index (χ1v) is 9.39. The number of hydrogen-bond acceptors (Lipinski definition) is 6. The van der Waals surface area contributed by atoms with Crippen molar-refractivity contribution in [3.05, 3.63) is 33.1 Å². The van der Waals surface area contributed by atoms with E-state index in [4.69, 9.17) is 22.2 Å². The van der Waals surface area contributed by atoms with Crippen LogP contribution in [-0.4, -0.2) is 28.4 Å². The topological polar surface area (TPSA) is 65.4 Å². The van der Waals surface area contributed by atoms with Crippen LogP contribution in [0.5, 0.6) is 5.75 Å². The van der Waals surface area contributed by atoms with E-state index in [-0.39, 0.29) is 5.91 Å². The van der Waals surface area contributed by atoms with Crippen LogP contribution in [0.4, 0.5) is 0 Å². The molecule has 1 N–H and O–H groups in total. The summed E-state index contributed by atoms with van der Waals surface area (Å²) in [5, 5.41) is 9.90. The van der Waals surface area contributed by atoms with Crippen molar-refractivity contribution in [3.63, 3.8) is 0 Å². The Morgan fingerprint density at radius 2 is 2.33 bits per heavy atom. The lowest BCUT2D eigenvalue weighted by atomic mass is 10.2. The lowest BCUT2D eigenvalue weighted by molar-refractivity contribution is -0.124. The zero-order chi connectivity index (χ0) is 17.5. The second kappa shape index (κ2) is 9.18. The third kappa shape index (κ3) is 4.80. The smallest absolute Gasteiger partial charge is 0.280 e. The van der Waals surface area contributed by atoms with Gasteiger partial charge in [-0.2, -0.15) is 5.26 Å². The van der Waals surface area contributed by atoms with Crippen molar-refractivity contribution in [2.45, 2.75) is 19.8 Å². The number of nitrogens with one attached hydrogen (secondary N) is 1. The van der Waals surface area contributed by atoms with Gasteiger partial charge in [0.05, 0.1) is 17.6 Å². The first-order valence-electron chi connectivity index (χ1n) is 7.37. The van der Waals surface area contributed by atoms with Crippen LogP contribution in [0.3, 0.4) is 0 Å². The fourth-order valence-electron chi connectivity index (χ4n) is 1.94. The van der Waals surface area contributed by atoms with E-state index in [1.165, 1.54) is 16.8 Å². The molecule has 24 heavy (non-hydrogen) atoms. The molecule has 1 aromatic rings. The molecule has 0 aromatic heterocycles. The van der Waals surface area contributed by atoms with E-state index >= 15 is 0 Å². The van der Waals surface area contributed by atoms with E-state index < -0.39 is 0 Å². The van der Waals surface area contributed by atoms with Gasteiger partial charge in [-0.15, -0.1) is 0 Å². The molecule has 0 spiro atoms. The van der Waals surface area contributed by atoms with Gasteiger partial charge in [-0.3, -0.25) is 4.79 Å². The average molecular weight is 426 g/mol. The Labute approximate surface area is 159 Å². The van der Waals surface area contributed by atoms with Crippen molar-refractivity contribution >= 4 is 56.2 Å². The van der Waals surface area contributed by atoms with E-state index in [9.17, 15) is 4.79 Å². The Kier molecular flexibility index (Phi) is 7.24. The number of hydrazine groups is 1. The monoisotopic (exact) mass is 425 g/mol. The molecule has 1 fully saturated rings. The molecule has 1 amide bonds. The molecule has 0 radical (unpaired) electrons. The van der Waals surface area contributed by atoms with Gasteiger partial charge in [-0.1, -0.05) is 46.8 Å². The molecule has 0 unspecified atom stereocenters. The second-order valence-corrected chi connectivity index (χ2v) is 7.46. The number of nitriles is 1. The van der Waals surface area contributed by atoms with E-state index in [0.29, 0.717) is 28.8 Å². The molecule has 5 nitrogen and oxygen atoms in total. The molecule has 0 atom stereocenters. The van der Waals surface area contributed by atoms with Crippen molar-refractivity contribution in [1.82, 2.24) is 10.4 Å². The molecular formula is C16H16BrN3O2S2. The van der Waals surface area contributed by atoms with Gasteiger partial charge < -0.3 is 4.74 Å². The number of thiocarbonyl (C=S) groups is 1. The van der Waals surface area contributed by atoms with Crippen molar-refractivity contribution in [1.29, 1.82) is 5.26 Å². The highest BCUT2D eigenvalue weighted by Gasteiger charge is 2.32. The SMILES string of the molecule is CCCOc1ccc(Br)cc1/C=C1/SC(=S)N(NCCC#N)C1=O. The summed E-state index contributed by atoms with van der Waals surface area (Å²) in [6.07, 6.45) is 2.98. The summed E-state index contributed by atoms with van der Waals surface area (Å²) >= 11 is 9.90. The Balaban J connectivity index is 2.22. The van der Waals surface area contributed by atoms with E-state index in [1.54, 1.807) is 6.08 Å². The van der Waals surface area contributed by atoms with Gasteiger partial charge in [0.1, 0.15) is 5.75 Å². The fourth-order valence-corrected chi connectivity index (χ4v) is 3.53. The number of thioether (sulfide) groups is 1. The van der Waals surface area contributed by atoms with Crippen LogP contribution in [0.2, 0.25) is 0 Å². The van der Waals surface area contributed by atoms with Gasteiger partial charge in [-0.05, 0) is 30.7 Å². The number of halogens is 1. The highest BCUT2D eigenvalue weighted by Crippen LogP contribution is 2.34. The van der Waals surface area contributed by atoms with Crippen molar-refractivity contribution < 1.29 is 9.53 Å². The number of rotatable bonds is 7. The lowest BCUT2D eigenvalue weighted by Crippen LogP contribution is -2.41. The van der Waals surface area contributed by atoms with Crippen LogP contribution in [0.25, 0.3) is 6.08 Å². The number of amides is 1. The van der Waals surface area contributed by atoms with E-state index in [1.807, 2.05) is 31.2 Å². The molecular weight excluding hydrogens is 410 g/mol. The number of hydrogen-bond donors (Lipinski definition) is 1. The summed E-state index contributed by atoms with van der Waals surface area (Å²) in [6, 6.07) is 7.69. The molecule has 1 aromatic carbocycles. The Morgan fingerprint density at radius 1 is 1.54 bits per heavy atom. The molecule has 1 saturated heterocycles. The van der Waals surface area contributed by atoms with Crippen molar-refractivity contribution in [2.24, 2.45) is 0 Å². The summed E-state index contributed by atoms with van der Waals surface area (Å²) in [4.78, 5) is 13.0. The molecule has 126 valence electrons. The minimum absolute atomic E-state index is 0.218. The zero-order valence-corrected chi connectivity index (χ0v) is 16.3. The zero-order valence-electron chi connectivity index (χ0n) is 13.0. The predicted octanol–water partition coefficient (Wildman–Crippen LogP) is 3.86. The third-order valence-corrected chi connectivity index (χ3v) is 4.82. The molecule has 0 bridgehead atoms. The largest absolute Gasteiger partial charge is 0.493 e. The average Bonchev–Trinajstić information content (AvgIpc) is 2.82. The molecule has 0 aliphatic carbocycles. The molecule has 8 heteroatoms. The minimum atomic E-state index is -0.218. The van der Waals surface area contributed by atoms with Gasteiger partial charge in [0.25, 0.3) is 5.91 Å². The van der Waals surface area contributed by atoms with Crippen LogP contribution >= 0.6 is 39.9 Å². The molecule has 1 aliphatic heterocycles. The number of benzene rings is 1. The Bertz CT molecular complexity index is 716. The Morgan fingerprint density at radius 3 is 3.04 bits per heavy atom. The Hall–Kier alpha value is -1.40. The normalized spacial score (nSPS) is 15.9. The molecule has 2 rings (SSSR count). The van der Waals surface area contributed by atoms with Crippen LogP contribution in [-0.2, 0) is 4.79 Å². The number of carbonyl (C=O) groups excluding carboxylic acids is 1. The number of ether oxygens (including phenoxy) is 1. The maximum atomic E-state index is 12.5. The minimum Gasteiger partial charge on any atom is -0.493 e. The van der Waals surface area contributed by atoms with Crippen molar-refractivity contribution in [3.8, 4) is 11.8 Å². The quantitative estimate of drug-likeness (QED) is 0.406. The van der Waals surface area contributed by atoms with E-state index in [0.717, 1.165) is 22.2 Å². The summed E-state index contributed by atoms with van der Waals surface area (Å²) in [6.45, 7) is 3.02. The molecule has 1 heterocycles. The van der Waals surface area contributed by atoms with Gasteiger partial charge in [0, 0.05) is 23.0 Å². The predicted molar refractivity (Wildman–Crippen MR) is 103 cm³/mol. The standard InChI is InChI=1S/C16H16BrN3O2S2/c1-2-8-22-13-5-4-12(17)9-11(13)10-14-15(21)20(16(23)24-14)19-7-3-6-18/h4-5,9-10,19H,2-3,7-8H2,1H3/b14-10+. The summed E-state index contributed by atoms with van der Waals surface area (Å²) in [5.74, 6) is 0.507. The van der Waals surface area contributed by atoms with Gasteiger partial charge >= 0.3 is 0 Å². The van der Waals surface area contributed by atoms with Crippen LogP contribution < -0.4 is 10.2 Å². The summed E-state index contributed by atoms with van der Waals surface area (Å²) in [7, 11) is 0. The van der Waals surface area contributed by atoms with E-state index in [2.05, 4.69) is 21.4 Å². The second-order valence-electron chi connectivity index (χ2n) is 4.86. The summed E-state index contributed by atoms with van der Waals surface area (Å²) in [5.41, 5.74) is 3.69. The number of carbonyl (C=O) groups is 1. The van der Waals surface area contributed by atoms with Gasteiger partial charge in [0.2, 0.25) is 0 Å².